The standard InChI is InChI=1S/C22H25N5O3S/c1-17-23-11-13-27(17)21-14-18(9-10-24-21)15-25-22(28)19-6-5-12-26(16-19)31(29,30)20-7-3-2-4-8-20/h2-4,7-11,13-14,19H,5-6,12,15-16H2,1H3,(H,25,28)/t19-/m0/s1. The highest BCUT2D eigenvalue weighted by molar-refractivity contribution is 7.89. The maximum absolute atomic E-state index is 12.9. The van der Waals surface area contributed by atoms with Crippen molar-refractivity contribution >= 4 is 15.9 Å². The van der Waals surface area contributed by atoms with Crippen LogP contribution in [0.3, 0.4) is 0 Å². The number of carbonyl (C=O) groups excluding carboxylic acids is 1. The first kappa shape index (κ1) is 21.2. The molecule has 1 aromatic carbocycles. The molecule has 1 amide bonds. The van der Waals surface area contributed by atoms with Crippen molar-refractivity contribution in [2.75, 3.05) is 13.1 Å². The molecule has 1 aliphatic rings. The van der Waals surface area contributed by atoms with Crippen LogP contribution in [0.15, 0.2) is 66.0 Å². The predicted octanol–water partition coefficient (Wildman–Crippen LogP) is 2.29. The largest absolute Gasteiger partial charge is 0.352 e. The molecule has 162 valence electrons. The molecule has 0 bridgehead atoms. The molecule has 3 heterocycles. The van der Waals surface area contributed by atoms with E-state index >= 15 is 0 Å². The van der Waals surface area contributed by atoms with E-state index < -0.39 is 10.0 Å². The van der Waals surface area contributed by atoms with Crippen molar-refractivity contribution in [3.05, 3.63) is 72.4 Å². The number of imidazole rings is 1. The zero-order chi connectivity index (χ0) is 21.8. The number of hydrogen-bond acceptors (Lipinski definition) is 5. The Morgan fingerprint density at radius 1 is 1.16 bits per heavy atom. The summed E-state index contributed by atoms with van der Waals surface area (Å²) in [6, 6.07) is 12.1. The van der Waals surface area contributed by atoms with E-state index in [0.717, 1.165) is 17.2 Å². The van der Waals surface area contributed by atoms with E-state index in [0.29, 0.717) is 25.9 Å². The van der Waals surface area contributed by atoms with Crippen molar-refractivity contribution in [3.8, 4) is 5.82 Å². The fourth-order valence-corrected chi connectivity index (χ4v) is 5.32. The Labute approximate surface area is 182 Å². The molecule has 9 heteroatoms. The van der Waals surface area contributed by atoms with Crippen LogP contribution in [0.25, 0.3) is 5.82 Å². The Kier molecular flexibility index (Phi) is 6.15. The second-order valence-electron chi connectivity index (χ2n) is 7.60. The normalized spacial score (nSPS) is 17.4. The van der Waals surface area contributed by atoms with Gasteiger partial charge in [0.2, 0.25) is 15.9 Å². The van der Waals surface area contributed by atoms with Crippen LogP contribution in [0.5, 0.6) is 0 Å². The summed E-state index contributed by atoms with van der Waals surface area (Å²) in [5, 5.41) is 2.95. The van der Waals surface area contributed by atoms with Gasteiger partial charge < -0.3 is 5.32 Å². The molecule has 1 fully saturated rings. The van der Waals surface area contributed by atoms with Gasteiger partial charge in [-0.3, -0.25) is 9.36 Å². The second-order valence-corrected chi connectivity index (χ2v) is 9.54. The molecular formula is C22H25N5O3S. The van der Waals surface area contributed by atoms with Gasteiger partial charge in [0.15, 0.2) is 0 Å². The van der Waals surface area contributed by atoms with Gasteiger partial charge in [-0.15, -0.1) is 0 Å². The topological polar surface area (TPSA) is 97.2 Å². The molecule has 4 rings (SSSR count). The highest BCUT2D eigenvalue weighted by atomic mass is 32.2. The summed E-state index contributed by atoms with van der Waals surface area (Å²) in [5.41, 5.74) is 0.913. The number of benzene rings is 1. The van der Waals surface area contributed by atoms with Gasteiger partial charge in [-0.2, -0.15) is 4.31 Å². The number of rotatable bonds is 6. The smallest absolute Gasteiger partial charge is 0.243 e. The van der Waals surface area contributed by atoms with Gasteiger partial charge in [0.1, 0.15) is 11.6 Å². The fraction of sp³-hybridized carbons (Fsp3) is 0.318. The predicted molar refractivity (Wildman–Crippen MR) is 116 cm³/mol. The lowest BCUT2D eigenvalue weighted by molar-refractivity contribution is -0.126. The van der Waals surface area contributed by atoms with Crippen LogP contribution in [-0.2, 0) is 21.4 Å². The number of nitrogens with zero attached hydrogens (tertiary/aromatic N) is 4. The maximum atomic E-state index is 12.9. The van der Waals surface area contributed by atoms with Crippen LogP contribution in [0.1, 0.15) is 24.2 Å². The number of sulfonamides is 1. The van der Waals surface area contributed by atoms with E-state index in [1.807, 2.05) is 29.8 Å². The summed E-state index contributed by atoms with van der Waals surface area (Å²) in [7, 11) is -3.59. The third-order valence-corrected chi connectivity index (χ3v) is 7.36. The number of pyridine rings is 1. The highest BCUT2D eigenvalue weighted by Gasteiger charge is 2.33. The second kappa shape index (κ2) is 8.99. The van der Waals surface area contributed by atoms with E-state index in [9.17, 15) is 13.2 Å². The first-order valence-electron chi connectivity index (χ1n) is 10.2. The summed E-state index contributed by atoms with van der Waals surface area (Å²) >= 11 is 0. The summed E-state index contributed by atoms with van der Waals surface area (Å²) in [4.78, 5) is 21.6. The maximum Gasteiger partial charge on any atom is 0.243 e. The van der Waals surface area contributed by atoms with Gasteiger partial charge in [0.25, 0.3) is 0 Å². The summed E-state index contributed by atoms with van der Waals surface area (Å²) in [6.45, 7) is 2.87. The van der Waals surface area contributed by atoms with E-state index in [1.54, 1.807) is 42.7 Å². The minimum atomic E-state index is -3.59. The van der Waals surface area contributed by atoms with Crippen molar-refractivity contribution in [2.45, 2.75) is 31.2 Å². The quantitative estimate of drug-likeness (QED) is 0.636. The molecule has 8 nitrogen and oxygen atoms in total. The van der Waals surface area contributed by atoms with Crippen LogP contribution in [0, 0.1) is 12.8 Å². The van der Waals surface area contributed by atoms with Gasteiger partial charge >= 0.3 is 0 Å². The number of nitrogens with one attached hydrogen (secondary N) is 1. The first-order chi connectivity index (χ1) is 14.9. The zero-order valence-corrected chi connectivity index (χ0v) is 18.1. The lowest BCUT2D eigenvalue weighted by atomic mass is 9.99. The van der Waals surface area contributed by atoms with Crippen molar-refractivity contribution in [3.63, 3.8) is 0 Å². The van der Waals surface area contributed by atoms with Crippen molar-refractivity contribution < 1.29 is 13.2 Å². The average Bonchev–Trinajstić information content (AvgIpc) is 3.24. The molecule has 2 aromatic heterocycles. The molecule has 1 N–H and O–H groups in total. The summed E-state index contributed by atoms with van der Waals surface area (Å²) in [5.74, 6) is 1.06. The van der Waals surface area contributed by atoms with E-state index in [1.165, 1.54) is 4.31 Å². The molecule has 1 aliphatic heterocycles. The first-order valence-corrected chi connectivity index (χ1v) is 11.7. The number of amides is 1. The molecule has 0 unspecified atom stereocenters. The lowest BCUT2D eigenvalue weighted by Gasteiger charge is -2.31. The van der Waals surface area contributed by atoms with E-state index in [4.69, 9.17) is 0 Å². The lowest BCUT2D eigenvalue weighted by Crippen LogP contribution is -2.45. The van der Waals surface area contributed by atoms with Crippen LogP contribution in [0.4, 0.5) is 0 Å². The van der Waals surface area contributed by atoms with E-state index in [2.05, 4.69) is 15.3 Å². The monoisotopic (exact) mass is 439 g/mol. The van der Waals surface area contributed by atoms with Gasteiger partial charge in [-0.25, -0.2) is 18.4 Å². The molecule has 0 saturated carbocycles. The van der Waals surface area contributed by atoms with Crippen LogP contribution in [0.2, 0.25) is 0 Å². The minimum absolute atomic E-state index is 0.134. The van der Waals surface area contributed by atoms with Gasteiger partial charge in [-0.1, -0.05) is 18.2 Å². The number of aryl methyl sites for hydroxylation is 1. The Balaban J connectivity index is 1.40. The van der Waals surface area contributed by atoms with Gasteiger partial charge in [0, 0.05) is 38.2 Å². The molecule has 1 saturated heterocycles. The third-order valence-electron chi connectivity index (χ3n) is 5.49. The highest BCUT2D eigenvalue weighted by Crippen LogP contribution is 2.24. The van der Waals surface area contributed by atoms with E-state index in [-0.39, 0.29) is 23.3 Å². The fourth-order valence-electron chi connectivity index (χ4n) is 3.77. The molecule has 0 radical (unpaired) electrons. The van der Waals surface area contributed by atoms with Crippen LogP contribution in [-0.4, -0.2) is 46.3 Å². The number of piperidine rings is 1. The third kappa shape index (κ3) is 4.67. The number of carbonyl (C=O) groups is 1. The Morgan fingerprint density at radius 3 is 2.71 bits per heavy atom. The molecular weight excluding hydrogens is 414 g/mol. The Bertz CT molecular complexity index is 1160. The van der Waals surface area contributed by atoms with Gasteiger partial charge in [-0.05, 0) is 49.6 Å². The molecule has 0 spiro atoms. The molecule has 1 atom stereocenters. The molecule has 3 aromatic rings. The van der Waals surface area contributed by atoms with Gasteiger partial charge in [0.05, 0.1) is 10.8 Å². The molecule has 0 aliphatic carbocycles. The summed E-state index contributed by atoms with van der Waals surface area (Å²) < 4.78 is 29.1. The van der Waals surface area contributed by atoms with Crippen molar-refractivity contribution in [1.82, 2.24) is 24.2 Å². The number of hydrogen-bond donors (Lipinski definition) is 1. The summed E-state index contributed by atoms with van der Waals surface area (Å²) in [6.07, 6.45) is 6.57. The number of aromatic nitrogens is 3. The average molecular weight is 440 g/mol. The minimum Gasteiger partial charge on any atom is -0.352 e. The zero-order valence-electron chi connectivity index (χ0n) is 17.3. The van der Waals surface area contributed by atoms with Crippen molar-refractivity contribution in [2.24, 2.45) is 5.92 Å². The Morgan fingerprint density at radius 2 is 1.97 bits per heavy atom. The Hall–Kier alpha value is -3.04. The van der Waals surface area contributed by atoms with Crippen LogP contribution >= 0.6 is 0 Å². The van der Waals surface area contributed by atoms with Crippen LogP contribution < -0.4 is 5.32 Å². The molecule has 31 heavy (non-hydrogen) atoms. The van der Waals surface area contributed by atoms with Crippen molar-refractivity contribution in [1.29, 1.82) is 0 Å². The SMILES string of the molecule is Cc1nccn1-c1cc(CNC(=O)[C@H]2CCCN(S(=O)(=O)c3ccccc3)C2)ccn1.